The zero-order chi connectivity index (χ0) is 12.8. The Morgan fingerprint density at radius 1 is 1.25 bits per heavy atom. The molecule has 0 saturated heterocycles. The van der Waals surface area contributed by atoms with E-state index in [9.17, 15) is 0 Å². The van der Waals surface area contributed by atoms with Gasteiger partial charge in [0, 0.05) is 0 Å². The summed E-state index contributed by atoms with van der Waals surface area (Å²) < 4.78 is 5.77. The maximum atomic E-state index is 8.58. The highest BCUT2D eigenvalue weighted by molar-refractivity contribution is 6.74. The van der Waals surface area contributed by atoms with E-state index in [-0.39, 0.29) is 5.04 Å². The van der Waals surface area contributed by atoms with E-state index in [0.717, 1.165) is 0 Å². The van der Waals surface area contributed by atoms with Crippen molar-refractivity contribution in [1.82, 2.24) is 0 Å². The van der Waals surface area contributed by atoms with Crippen molar-refractivity contribution in [3.8, 4) is 12.1 Å². The second-order valence-corrected chi connectivity index (χ2v) is 10.1. The van der Waals surface area contributed by atoms with Crippen LogP contribution in [0.2, 0.25) is 18.1 Å². The van der Waals surface area contributed by atoms with Gasteiger partial charge in [0.2, 0.25) is 8.32 Å². The Kier molecular flexibility index (Phi) is 5.27. The first-order valence-electron chi connectivity index (χ1n) is 5.36. The molecule has 4 heteroatoms. The molecule has 0 heterocycles. The topological polar surface area (TPSA) is 56.8 Å². The Labute approximate surface area is 99.5 Å². The molecule has 16 heavy (non-hydrogen) atoms. The molecule has 0 aliphatic carbocycles. The SMILES string of the molecule is CC(C)(C)[Si](C)(C)O/C=C/CC(C#N)C#N. The van der Waals surface area contributed by atoms with Crippen LogP contribution in [-0.4, -0.2) is 8.32 Å². The van der Waals surface area contributed by atoms with Crippen molar-refractivity contribution in [1.29, 1.82) is 10.5 Å². The van der Waals surface area contributed by atoms with Crippen LogP contribution in [0.25, 0.3) is 0 Å². The van der Waals surface area contributed by atoms with Gasteiger partial charge in [-0.3, -0.25) is 0 Å². The Morgan fingerprint density at radius 2 is 1.75 bits per heavy atom. The zero-order valence-corrected chi connectivity index (χ0v) is 11.7. The maximum absolute atomic E-state index is 8.58. The van der Waals surface area contributed by atoms with E-state index in [4.69, 9.17) is 14.9 Å². The van der Waals surface area contributed by atoms with Gasteiger partial charge in [-0.1, -0.05) is 20.8 Å². The van der Waals surface area contributed by atoms with Crippen molar-refractivity contribution in [2.45, 2.75) is 45.3 Å². The van der Waals surface area contributed by atoms with E-state index in [0.29, 0.717) is 6.42 Å². The maximum Gasteiger partial charge on any atom is 0.249 e. The molecule has 0 spiro atoms. The largest absolute Gasteiger partial charge is 0.549 e. The van der Waals surface area contributed by atoms with E-state index in [2.05, 4.69) is 33.9 Å². The third-order valence-electron chi connectivity index (χ3n) is 2.95. The zero-order valence-electron chi connectivity index (χ0n) is 10.7. The standard InChI is InChI=1S/C12H20N2OSi/c1-12(2,3)16(4,5)15-8-6-7-11(9-13)10-14/h6,8,11H,7H2,1-5H3/b8-6+. The van der Waals surface area contributed by atoms with Gasteiger partial charge < -0.3 is 4.43 Å². The first-order chi connectivity index (χ1) is 7.24. The summed E-state index contributed by atoms with van der Waals surface area (Å²) >= 11 is 0. The number of allylic oxidation sites excluding steroid dienone is 1. The second-order valence-electron chi connectivity index (χ2n) is 5.30. The molecule has 0 saturated carbocycles. The van der Waals surface area contributed by atoms with Crippen LogP contribution in [0.3, 0.4) is 0 Å². The Morgan fingerprint density at radius 3 is 2.12 bits per heavy atom. The highest BCUT2D eigenvalue weighted by atomic mass is 28.4. The van der Waals surface area contributed by atoms with Crippen molar-refractivity contribution in [3.63, 3.8) is 0 Å². The Balaban J connectivity index is 4.23. The molecule has 3 nitrogen and oxygen atoms in total. The van der Waals surface area contributed by atoms with E-state index >= 15 is 0 Å². The summed E-state index contributed by atoms with van der Waals surface area (Å²) in [5.74, 6) is -0.570. The van der Waals surface area contributed by atoms with Gasteiger partial charge in [0.25, 0.3) is 0 Å². The lowest BCUT2D eigenvalue weighted by Crippen LogP contribution is -2.39. The highest BCUT2D eigenvalue weighted by Gasteiger charge is 2.37. The van der Waals surface area contributed by atoms with Crippen LogP contribution in [0.5, 0.6) is 0 Å². The van der Waals surface area contributed by atoms with Crippen LogP contribution in [0.1, 0.15) is 27.2 Å². The first kappa shape index (κ1) is 14.7. The molecule has 0 aromatic rings. The van der Waals surface area contributed by atoms with Crippen LogP contribution in [-0.2, 0) is 4.43 Å². The molecular formula is C12H20N2OSi. The third-order valence-corrected chi connectivity index (χ3v) is 7.29. The van der Waals surface area contributed by atoms with Crippen molar-refractivity contribution in [2.75, 3.05) is 0 Å². The minimum atomic E-state index is -1.75. The van der Waals surface area contributed by atoms with Crippen molar-refractivity contribution in [2.24, 2.45) is 5.92 Å². The minimum absolute atomic E-state index is 0.168. The summed E-state index contributed by atoms with van der Waals surface area (Å²) in [7, 11) is -1.75. The molecule has 0 unspecified atom stereocenters. The van der Waals surface area contributed by atoms with Gasteiger partial charge in [0.15, 0.2) is 0 Å². The van der Waals surface area contributed by atoms with Crippen molar-refractivity contribution < 1.29 is 4.43 Å². The predicted octanol–water partition coefficient (Wildman–Crippen LogP) is 3.58. The molecule has 0 atom stereocenters. The monoisotopic (exact) mass is 236 g/mol. The molecule has 0 aliphatic rings. The second kappa shape index (κ2) is 5.72. The van der Waals surface area contributed by atoms with Gasteiger partial charge in [-0.25, -0.2) is 0 Å². The Bertz CT molecular complexity index is 314. The smallest absolute Gasteiger partial charge is 0.249 e. The van der Waals surface area contributed by atoms with Crippen molar-refractivity contribution in [3.05, 3.63) is 12.3 Å². The molecule has 0 N–H and O–H groups in total. The average Bonchev–Trinajstić information content (AvgIpc) is 2.16. The minimum Gasteiger partial charge on any atom is -0.549 e. The summed E-state index contributed by atoms with van der Waals surface area (Å²) in [6, 6.07) is 3.85. The van der Waals surface area contributed by atoms with Crippen molar-refractivity contribution >= 4 is 8.32 Å². The molecular weight excluding hydrogens is 216 g/mol. The molecule has 0 fully saturated rings. The average molecular weight is 236 g/mol. The van der Waals surface area contributed by atoms with Crippen LogP contribution in [0.15, 0.2) is 12.3 Å². The van der Waals surface area contributed by atoms with Gasteiger partial charge in [0.1, 0.15) is 5.92 Å². The molecule has 0 bridgehead atoms. The van der Waals surface area contributed by atoms with Crippen LogP contribution in [0, 0.1) is 28.6 Å². The fourth-order valence-corrected chi connectivity index (χ4v) is 1.51. The van der Waals surface area contributed by atoms with E-state index in [1.165, 1.54) is 0 Å². The van der Waals surface area contributed by atoms with Crippen LogP contribution >= 0.6 is 0 Å². The predicted molar refractivity (Wildman–Crippen MR) is 66.8 cm³/mol. The Hall–Kier alpha value is -1.26. The van der Waals surface area contributed by atoms with Gasteiger partial charge in [-0.15, -0.1) is 0 Å². The summed E-state index contributed by atoms with van der Waals surface area (Å²) in [5.41, 5.74) is 0. The number of rotatable bonds is 4. The summed E-state index contributed by atoms with van der Waals surface area (Å²) in [5, 5.41) is 17.3. The number of nitriles is 2. The normalized spacial score (nSPS) is 12.5. The molecule has 0 radical (unpaired) electrons. The van der Waals surface area contributed by atoms with E-state index < -0.39 is 14.2 Å². The molecule has 0 rings (SSSR count). The molecule has 0 aromatic carbocycles. The molecule has 0 aliphatic heterocycles. The number of nitrogens with zero attached hydrogens (tertiary/aromatic N) is 2. The van der Waals surface area contributed by atoms with Gasteiger partial charge in [-0.2, -0.15) is 10.5 Å². The van der Waals surface area contributed by atoms with Crippen LogP contribution < -0.4 is 0 Å². The van der Waals surface area contributed by atoms with E-state index in [1.54, 1.807) is 12.3 Å². The summed E-state index contributed by atoms with van der Waals surface area (Å²) in [4.78, 5) is 0. The highest BCUT2D eigenvalue weighted by Crippen LogP contribution is 2.36. The van der Waals surface area contributed by atoms with Gasteiger partial charge >= 0.3 is 0 Å². The van der Waals surface area contributed by atoms with E-state index in [1.807, 2.05) is 12.1 Å². The molecule has 0 amide bonds. The molecule has 88 valence electrons. The summed E-state index contributed by atoms with van der Waals surface area (Å²) in [6.07, 6.45) is 3.85. The number of hydrogen-bond donors (Lipinski definition) is 0. The molecule has 0 aromatic heterocycles. The van der Waals surface area contributed by atoms with Gasteiger partial charge in [-0.05, 0) is 30.6 Å². The lowest BCUT2D eigenvalue weighted by atomic mass is 10.1. The van der Waals surface area contributed by atoms with Crippen LogP contribution in [0.4, 0.5) is 0 Å². The van der Waals surface area contributed by atoms with Gasteiger partial charge in [0.05, 0.1) is 18.4 Å². The fraction of sp³-hybridized carbons (Fsp3) is 0.667. The summed E-state index contributed by atoms with van der Waals surface area (Å²) in [6.45, 7) is 10.8. The third kappa shape index (κ3) is 4.50. The fourth-order valence-electron chi connectivity index (χ4n) is 0.721. The lowest BCUT2D eigenvalue weighted by Gasteiger charge is -2.34. The first-order valence-corrected chi connectivity index (χ1v) is 8.27. The quantitative estimate of drug-likeness (QED) is 0.554. The number of hydrogen-bond acceptors (Lipinski definition) is 3. The lowest BCUT2D eigenvalue weighted by molar-refractivity contribution is 0.428.